The molecule has 2 saturated heterocycles. The maximum atomic E-state index is 6.11. The van der Waals surface area contributed by atoms with Gasteiger partial charge in [0.1, 0.15) is 22.8 Å². The van der Waals surface area contributed by atoms with Gasteiger partial charge in [0.15, 0.2) is 0 Å². The summed E-state index contributed by atoms with van der Waals surface area (Å²) in [5.74, 6) is 2.45. The minimum Gasteiger partial charge on any atom is -0.497 e. The maximum Gasteiger partial charge on any atom is 0.127 e. The molecule has 2 heterocycles. The molecule has 0 radical (unpaired) electrons. The quantitative estimate of drug-likeness (QED) is 0.856. The number of benzene rings is 2. The normalized spacial score (nSPS) is 23.3. The Bertz CT molecular complexity index is 757. The molecule has 0 saturated carbocycles. The molecule has 0 aliphatic carbocycles. The molecule has 1 N–H and O–H groups in total. The van der Waals surface area contributed by atoms with Gasteiger partial charge in [-0.3, -0.25) is 4.90 Å². The van der Waals surface area contributed by atoms with E-state index in [1.807, 2.05) is 36.4 Å². The Morgan fingerprint density at radius 1 is 1.07 bits per heavy atom. The van der Waals surface area contributed by atoms with Gasteiger partial charge >= 0.3 is 0 Å². The summed E-state index contributed by atoms with van der Waals surface area (Å²) in [6, 6.07) is 15.9. The average molecular weight is 384 g/mol. The first-order valence-electron chi connectivity index (χ1n) is 9.80. The second-order valence-electron chi connectivity index (χ2n) is 7.40. The van der Waals surface area contributed by atoms with Crippen molar-refractivity contribution in [3.8, 4) is 17.2 Å². The third-order valence-electron chi connectivity index (χ3n) is 5.16. The highest BCUT2D eigenvalue weighted by molar-refractivity contribution is 5.36. The van der Waals surface area contributed by atoms with E-state index in [-0.39, 0.29) is 5.60 Å². The van der Waals surface area contributed by atoms with Crippen molar-refractivity contribution >= 4 is 0 Å². The number of rotatable bonds is 5. The smallest absolute Gasteiger partial charge is 0.127 e. The van der Waals surface area contributed by atoms with Crippen LogP contribution in [0.2, 0.25) is 0 Å². The second kappa shape index (κ2) is 8.92. The molecule has 28 heavy (non-hydrogen) atoms. The molecule has 4 rings (SSSR count). The molecule has 0 aromatic heterocycles. The summed E-state index contributed by atoms with van der Waals surface area (Å²) >= 11 is 0. The highest BCUT2D eigenvalue weighted by Gasteiger charge is 2.37. The molecule has 6 heteroatoms. The van der Waals surface area contributed by atoms with Gasteiger partial charge in [0.25, 0.3) is 0 Å². The van der Waals surface area contributed by atoms with E-state index < -0.39 is 0 Å². The van der Waals surface area contributed by atoms with E-state index >= 15 is 0 Å². The number of hydrogen-bond donors (Lipinski definition) is 1. The average Bonchev–Trinajstić information content (AvgIpc) is 2.94. The Balaban J connectivity index is 1.39. The van der Waals surface area contributed by atoms with Gasteiger partial charge in [-0.05, 0) is 42.0 Å². The van der Waals surface area contributed by atoms with Crippen LogP contribution in [-0.4, -0.2) is 63.6 Å². The van der Waals surface area contributed by atoms with Crippen molar-refractivity contribution in [1.82, 2.24) is 10.2 Å². The van der Waals surface area contributed by atoms with E-state index in [0.717, 1.165) is 63.2 Å². The highest BCUT2D eigenvalue weighted by atomic mass is 16.5. The summed E-state index contributed by atoms with van der Waals surface area (Å²) < 4.78 is 23.1. The third kappa shape index (κ3) is 4.83. The monoisotopic (exact) mass is 384 g/mol. The van der Waals surface area contributed by atoms with Gasteiger partial charge in [-0.1, -0.05) is 12.1 Å². The van der Waals surface area contributed by atoms with Crippen LogP contribution in [0.5, 0.6) is 17.2 Å². The summed E-state index contributed by atoms with van der Waals surface area (Å²) in [5.41, 5.74) is 0.983. The maximum absolute atomic E-state index is 6.11. The number of morpholine rings is 1. The zero-order valence-electron chi connectivity index (χ0n) is 16.4. The summed E-state index contributed by atoms with van der Waals surface area (Å²) in [6.45, 7) is 6.50. The molecule has 1 atom stereocenters. The topological polar surface area (TPSA) is 52.2 Å². The van der Waals surface area contributed by atoms with Gasteiger partial charge in [0.2, 0.25) is 0 Å². The van der Waals surface area contributed by atoms with Crippen molar-refractivity contribution in [2.45, 2.75) is 12.1 Å². The van der Waals surface area contributed by atoms with Crippen LogP contribution < -0.4 is 14.8 Å². The van der Waals surface area contributed by atoms with Crippen LogP contribution in [0.25, 0.3) is 0 Å². The van der Waals surface area contributed by atoms with Crippen molar-refractivity contribution in [2.24, 2.45) is 0 Å². The number of nitrogens with one attached hydrogen (secondary N) is 1. The van der Waals surface area contributed by atoms with Crippen LogP contribution in [-0.2, 0) is 16.0 Å². The van der Waals surface area contributed by atoms with E-state index in [1.165, 1.54) is 5.56 Å². The number of ether oxygens (including phenoxy) is 4. The number of hydrogen-bond acceptors (Lipinski definition) is 6. The molecule has 150 valence electrons. The van der Waals surface area contributed by atoms with Gasteiger partial charge < -0.3 is 24.3 Å². The van der Waals surface area contributed by atoms with Crippen LogP contribution in [0.4, 0.5) is 0 Å². The first-order chi connectivity index (χ1) is 13.7. The molecule has 0 bridgehead atoms. The summed E-state index contributed by atoms with van der Waals surface area (Å²) in [6.07, 6.45) is 0. The van der Waals surface area contributed by atoms with E-state index in [1.54, 1.807) is 7.11 Å². The molecule has 2 aliphatic rings. The fourth-order valence-electron chi connectivity index (χ4n) is 3.77. The van der Waals surface area contributed by atoms with Crippen LogP contribution in [0.3, 0.4) is 0 Å². The van der Waals surface area contributed by atoms with Gasteiger partial charge in [-0.15, -0.1) is 0 Å². The van der Waals surface area contributed by atoms with Crippen molar-refractivity contribution in [3.63, 3.8) is 0 Å². The molecular formula is C22H28N2O4. The van der Waals surface area contributed by atoms with Crippen LogP contribution >= 0.6 is 0 Å². The lowest BCUT2D eigenvalue weighted by Crippen LogP contribution is -2.57. The Hall–Kier alpha value is -2.12. The van der Waals surface area contributed by atoms with Gasteiger partial charge in [-0.2, -0.15) is 0 Å². The summed E-state index contributed by atoms with van der Waals surface area (Å²) in [7, 11) is 1.66. The number of nitrogens with zero attached hydrogens (tertiary/aromatic N) is 1. The van der Waals surface area contributed by atoms with Crippen molar-refractivity contribution in [3.05, 3.63) is 54.1 Å². The lowest BCUT2D eigenvalue weighted by molar-refractivity contribution is -0.135. The predicted octanol–water partition coefficient (Wildman–Crippen LogP) is 2.68. The second-order valence-corrected chi connectivity index (χ2v) is 7.40. The fraction of sp³-hybridized carbons (Fsp3) is 0.455. The SMILES string of the molecule is COc1ccc(Oc2cccc(CN3CCOC4(CNCCOC4)C3)c2)cc1. The molecule has 2 fully saturated rings. The van der Waals surface area contributed by atoms with Crippen molar-refractivity contribution < 1.29 is 18.9 Å². The highest BCUT2D eigenvalue weighted by Crippen LogP contribution is 2.26. The Morgan fingerprint density at radius 2 is 1.93 bits per heavy atom. The van der Waals surface area contributed by atoms with Gasteiger partial charge in [0.05, 0.1) is 26.9 Å². The minimum absolute atomic E-state index is 0.244. The molecule has 1 spiro atoms. The lowest BCUT2D eigenvalue weighted by Gasteiger charge is -2.41. The summed E-state index contributed by atoms with van der Waals surface area (Å²) in [5, 5.41) is 3.43. The van der Waals surface area contributed by atoms with Crippen molar-refractivity contribution in [2.75, 3.05) is 53.1 Å². The zero-order valence-corrected chi connectivity index (χ0v) is 16.4. The molecule has 2 aliphatic heterocycles. The standard InChI is InChI=1S/C22H28N2O4/c1-25-19-5-7-20(8-6-19)28-21-4-2-3-18(13-21)14-24-10-12-27-22(16-24)15-23-9-11-26-17-22/h2-8,13,23H,9-12,14-17H2,1H3. The Kier molecular flexibility index (Phi) is 6.12. The lowest BCUT2D eigenvalue weighted by atomic mass is 10.0. The largest absolute Gasteiger partial charge is 0.497 e. The predicted molar refractivity (Wildman–Crippen MR) is 107 cm³/mol. The Labute approximate surface area is 166 Å². The fourth-order valence-corrected chi connectivity index (χ4v) is 3.77. The van der Waals surface area contributed by atoms with Gasteiger partial charge in [0, 0.05) is 32.7 Å². The summed E-state index contributed by atoms with van der Waals surface area (Å²) in [4.78, 5) is 2.44. The molecule has 0 amide bonds. The first kappa shape index (κ1) is 19.2. The number of methoxy groups -OCH3 is 1. The zero-order chi connectivity index (χ0) is 19.2. The van der Waals surface area contributed by atoms with E-state index in [2.05, 4.69) is 22.3 Å². The Morgan fingerprint density at radius 3 is 2.79 bits per heavy atom. The van der Waals surface area contributed by atoms with Crippen molar-refractivity contribution in [1.29, 1.82) is 0 Å². The van der Waals surface area contributed by atoms with E-state index in [4.69, 9.17) is 18.9 Å². The van der Waals surface area contributed by atoms with Crippen LogP contribution in [0, 0.1) is 0 Å². The van der Waals surface area contributed by atoms with Crippen LogP contribution in [0.1, 0.15) is 5.56 Å². The van der Waals surface area contributed by atoms with Gasteiger partial charge in [-0.25, -0.2) is 0 Å². The first-order valence-corrected chi connectivity index (χ1v) is 9.80. The molecule has 2 aromatic carbocycles. The molecule has 1 unspecified atom stereocenters. The van der Waals surface area contributed by atoms with E-state index in [9.17, 15) is 0 Å². The van der Waals surface area contributed by atoms with Crippen LogP contribution in [0.15, 0.2) is 48.5 Å². The van der Waals surface area contributed by atoms with E-state index in [0.29, 0.717) is 6.61 Å². The minimum atomic E-state index is -0.244. The molecule has 2 aromatic rings. The molecule has 6 nitrogen and oxygen atoms in total. The third-order valence-corrected chi connectivity index (χ3v) is 5.16. The molecular weight excluding hydrogens is 356 g/mol.